The highest BCUT2D eigenvalue weighted by Gasteiger charge is 2.30. The zero-order chi connectivity index (χ0) is 16.4. The van der Waals surface area contributed by atoms with Crippen molar-refractivity contribution in [2.24, 2.45) is 0 Å². The highest BCUT2D eigenvalue weighted by molar-refractivity contribution is 5.88. The number of aromatic amines is 1. The van der Waals surface area contributed by atoms with Gasteiger partial charge in [-0.05, 0) is 6.07 Å². The van der Waals surface area contributed by atoms with Gasteiger partial charge in [0.15, 0.2) is 6.10 Å². The van der Waals surface area contributed by atoms with Gasteiger partial charge >= 0.3 is 0 Å². The van der Waals surface area contributed by atoms with E-state index in [1.165, 1.54) is 4.90 Å². The van der Waals surface area contributed by atoms with Crippen molar-refractivity contribution in [1.82, 2.24) is 20.0 Å². The molecule has 7 nitrogen and oxygen atoms in total. The number of nitrogens with zero attached hydrogens (tertiary/aromatic N) is 3. The summed E-state index contributed by atoms with van der Waals surface area (Å²) in [4.78, 5) is 27.7. The van der Waals surface area contributed by atoms with Crippen molar-refractivity contribution >= 4 is 22.7 Å². The number of hydrogen-bond donors (Lipinski definition) is 1. The first-order valence-corrected chi connectivity index (χ1v) is 7.59. The number of carbonyl (C=O) groups is 2. The molecule has 1 fully saturated rings. The minimum absolute atomic E-state index is 0.0285. The van der Waals surface area contributed by atoms with Gasteiger partial charge in [0.25, 0.3) is 5.91 Å². The Bertz CT molecular complexity index is 725. The van der Waals surface area contributed by atoms with E-state index in [1.54, 1.807) is 19.0 Å². The molecule has 0 unspecified atom stereocenters. The van der Waals surface area contributed by atoms with Crippen LogP contribution < -0.4 is 0 Å². The molecule has 1 atom stereocenters. The molecule has 122 valence electrons. The average Bonchev–Trinajstić information content (AvgIpc) is 2.97. The van der Waals surface area contributed by atoms with Crippen molar-refractivity contribution in [3.8, 4) is 0 Å². The summed E-state index contributed by atoms with van der Waals surface area (Å²) in [5, 5.41) is 8.09. The first-order valence-electron chi connectivity index (χ1n) is 7.59. The van der Waals surface area contributed by atoms with Crippen molar-refractivity contribution in [3.05, 3.63) is 30.0 Å². The number of nitrogens with one attached hydrogen (secondary N) is 1. The van der Waals surface area contributed by atoms with Crippen molar-refractivity contribution in [2.45, 2.75) is 12.5 Å². The monoisotopic (exact) mass is 316 g/mol. The second kappa shape index (κ2) is 6.37. The maximum absolute atomic E-state index is 12.5. The number of rotatable bonds is 3. The lowest BCUT2D eigenvalue weighted by Crippen LogP contribution is -2.51. The molecule has 1 aliphatic rings. The molecule has 2 amide bonds. The third kappa shape index (κ3) is 3.19. The van der Waals surface area contributed by atoms with Crippen LogP contribution >= 0.6 is 0 Å². The Morgan fingerprint density at radius 1 is 1.39 bits per heavy atom. The van der Waals surface area contributed by atoms with E-state index >= 15 is 0 Å². The van der Waals surface area contributed by atoms with Gasteiger partial charge in [0.1, 0.15) is 0 Å². The van der Waals surface area contributed by atoms with Crippen molar-refractivity contribution < 1.29 is 14.3 Å². The number of likely N-dealkylation sites (N-methyl/N-ethyl adjacent to an activating group) is 1. The van der Waals surface area contributed by atoms with E-state index in [-0.39, 0.29) is 18.2 Å². The number of benzene rings is 1. The summed E-state index contributed by atoms with van der Waals surface area (Å²) in [5.41, 5.74) is 1.64. The molecule has 1 aromatic heterocycles. The number of carbonyl (C=O) groups excluding carboxylic acids is 2. The van der Waals surface area contributed by atoms with Crippen LogP contribution in [0, 0.1) is 0 Å². The number of hydrogen-bond acceptors (Lipinski definition) is 4. The Kier molecular flexibility index (Phi) is 4.29. The molecule has 1 N–H and O–H groups in total. The van der Waals surface area contributed by atoms with Crippen LogP contribution in [-0.4, -0.2) is 71.7 Å². The molecular formula is C16H20N4O3. The molecule has 0 radical (unpaired) electrons. The molecule has 7 heteroatoms. The topological polar surface area (TPSA) is 78.5 Å². The van der Waals surface area contributed by atoms with Crippen LogP contribution in [0.1, 0.15) is 5.69 Å². The Hall–Kier alpha value is -2.41. The lowest BCUT2D eigenvalue weighted by molar-refractivity contribution is -0.152. The van der Waals surface area contributed by atoms with Gasteiger partial charge in [-0.1, -0.05) is 18.2 Å². The van der Waals surface area contributed by atoms with Crippen LogP contribution in [0.4, 0.5) is 0 Å². The fourth-order valence-electron chi connectivity index (χ4n) is 2.73. The van der Waals surface area contributed by atoms with E-state index in [0.29, 0.717) is 19.7 Å². The zero-order valence-corrected chi connectivity index (χ0v) is 13.3. The van der Waals surface area contributed by atoms with Crippen molar-refractivity contribution in [1.29, 1.82) is 0 Å². The molecule has 2 heterocycles. The number of fused-ring (bicyclic) bond motifs is 1. The number of H-pyrrole nitrogens is 1. The van der Waals surface area contributed by atoms with E-state index in [4.69, 9.17) is 4.74 Å². The molecule has 0 bridgehead atoms. The zero-order valence-electron chi connectivity index (χ0n) is 13.3. The fraction of sp³-hybridized carbons (Fsp3) is 0.438. The quantitative estimate of drug-likeness (QED) is 0.890. The van der Waals surface area contributed by atoms with Gasteiger partial charge in [-0.3, -0.25) is 14.7 Å². The maximum atomic E-state index is 12.5. The number of morpholine rings is 1. The first kappa shape index (κ1) is 15.5. The number of ether oxygens (including phenoxy) is 1. The second-order valence-electron chi connectivity index (χ2n) is 5.83. The number of para-hydroxylation sites is 1. The standard InChI is InChI=1S/C16H20N4O3/c1-19(2)16(22)14-10-20(7-8-23-14)15(21)9-13-11-5-3-4-6-12(11)17-18-13/h3-6,14H,7-10H2,1-2H3,(H,17,18)/t14-/m0/s1. The number of amides is 2. The Balaban J connectivity index is 1.69. The molecule has 23 heavy (non-hydrogen) atoms. The molecule has 2 aromatic rings. The molecular weight excluding hydrogens is 296 g/mol. The maximum Gasteiger partial charge on any atom is 0.253 e. The largest absolute Gasteiger partial charge is 0.365 e. The molecule has 0 saturated carbocycles. The fourth-order valence-corrected chi connectivity index (χ4v) is 2.73. The second-order valence-corrected chi connectivity index (χ2v) is 5.83. The SMILES string of the molecule is CN(C)C(=O)[C@@H]1CN(C(=O)Cc2[nH]nc3ccccc23)CCO1. The van der Waals surface area contributed by atoms with Crippen molar-refractivity contribution in [2.75, 3.05) is 33.8 Å². The molecule has 1 saturated heterocycles. The predicted molar refractivity (Wildman–Crippen MR) is 84.8 cm³/mol. The summed E-state index contributed by atoms with van der Waals surface area (Å²) in [6, 6.07) is 7.68. The van der Waals surface area contributed by atoms with Crippen LogP contribution in [0.15, 0.2) is 24.3 Å². The van der Waals surface area contributed by atoms with Gasteiger partial charge in [-0.25, -0.2) is 0 Å². The normalized spacial score (nSPS) is 18.2. The highest BCUT2D eigenvalue weighted by Crippen LogP contribution is 2.17. The summed E-state index contributed by atoms with van der Waals surface area (Å²) >= 11 is 0. The van der Waals surface area contributed by atoms with E-state index in [2.05, 4.69) is 10.2 Å². The minimum atomic E-state index is -0.582. The Labute approximate surface area is 134 Å². The van der Waals surface area contributed by atoms with Gasteiger partial charge in [-0.15, -0.1) is 0 Å². The molecule has 1 aliphatic heterocycles. The van der Waals surface area contributed by atoms with Gasteiger partial charge < -0.3 is 14.5 Å². The Morgan fingerprint density at radius 2 is 2.17 bits per heavy atom. The third-order valence-corrected chi connectivity index (χ3v) is 4.00. The third-order valence-electron chi connectivity index (χ3n) is 4.00. The Morgan fingerprint density at radius 3 is 2.96 bits per heavy atom. The highest BCUT2D eigenvalue weighted by atomic mass is 16.5. The van der Waals surface area contributed by atoms with Gasteiger partial charge in [-0.2, -0.15) is 5.10 Å². The van der Waals surface area contributed by atoms with Crippen molar-refractivity contribution in [3.63, 3.8) is 0 Å². The predicted octanol–water partition coefficient (Wildman–Crippen LogP) is 0.421. The number of aromatic nitrogens is 2. The first-order chi connectivity index (χ1) is 11.1. The molecule has 0 spiro atoms. The van der Waals surface area contributed by atoms with Gasteiger partial charge in [0.2, 0.25) is 5.91 Å². The van der Waals surface area contributed by atoms with Gasteiger partial charge in [0.05, 0.1) is 30.8 Å². The van der Waals surface area contributed by atoms with Crippen LogP contribution in [0.5, 0.6) is 0 Å². The van der Waals surface area contributed by atoms with Crippen LogP contribution in [0.2, 0.25) is 0 Å². The summed E-state index contributed by atoms with van der Waals surface area (Å²) in [7, 11) is 3.37. The summed E-state index contributed by atoms with van der Waals surface area (Å²) in [5.74, 6) is -0.145. The van der Waals surface area contributed by atoms with Crippen LogP contribution in [-0.2, 0) is 20.7 Å². The van der Waals surface area contributed by atoms with Gasteiger partial charge in [0, 0.05) is 26.0 Å². The van der Waals surface area contributed by atoms with E-state index < -0.39 is 6.10 Å². The van der Waals surface area contributed by atoms with Crippen LogP contribution in [0.25, 0.3) is 10.9 Å². The average molecular weight is 316 g/mol. The lowest BCUT2D eigenvalue weighted by Gasteiger charge is -2.33. The van der Waals surface area contributed by atoms with E-state index in [0.717, 1.165) is 16.6 Å². The summed E-state index contributed by atoms with van der Waals surface area (Å²) in [6.45, 7) is 1.17. The molecule has 1 aromatic carbocycles. The summed E-state index contributed by atoms with van der Waals surface area (Å²) < 4.78 is 5.48. The summed E-state index contributed by atoms with van der Waals surface area (Å²) in [6.07, 6.45) is -0.343. The van der Waals surface area contributed by atoms with E-state index in [9.17, 15) is 9.59 Å². The van der Waals surface area contributed by atoms with E-state index in [1.807, 2.05) is 24.3 Å². The molecule has 3 rings (SSSR count). The lowest BCUT2D eigenvalue weighted by atomic mass is 10.1. The minimum Gasteiger partial charge on any atom is -0.365 e. The van der Waals surface area contributed by atoms with Crippen LogP contribution in [0.3, 0.4) is 0 Å². The smallest absolute Gasteiger partial charge is 0.253 e. The molecule has 0 aliphatic carbocycles.